The SMILES string of the molecule is COc1ccc2ccccc2c1C(=O)COCc1ccccc1. The lowest BCUT2D eigenvalue weighted by molar-refractivity contribution is 0.0725. The zero-order valence-electron chi connectivity index (χ0n) is 13.0. The number of ketones is 1. The molecule has 3 aromatic rings. The fourth-order valence-electron chi connectivity index (χ4n) is 2.62. The molecule has 0 aliphatic heterocycles. The summed E-state index contributed by atoms with van der Waals surface area (Å²) in [7, 11) is 1.58. The van der Waals surface area contributed by atoms with Gasteiger partial charge in [0, 0.05) is 0 Å². The summed E-state index contributed by atoms with van der Waals surface area (Å²) in [4.78, 5) is 12.6. The molecular weight excluding hydrogens is 288 g/mol. The second-order valence-electron chi connectivity index (χ2n) is 5.27. The average molecular weight is 306 g/mol. The number of carbonyl (C=O) groups excluding carboxylic acids is 1. The van der Waals surface area contributed by atoms with E-state index in [2.05, 4.69) is 0 Å². The first-order valence-corrected chi connectivity index (χ1v) is 7.50. The van der Waals surface area contributed by atoms with Gasteiger partial charge < -0.3 is 9.47 Å². The maximum absolute atomic E-state index is 12.6. The van der Waals surface area contributed by atoms with Crippen molar-refractivity contribution in [3.8, 4) is 5.75 Å². The van der Waals surface area contributed by atoms with E-state index in [0.717, 1.165) is 16.3 Å². The Labute approximate surface area is 135 Å². The molecule has 0 unspecified atom stereocenters. The smallest absolute Gasteiger partial charge is 0.192 e. The molecule has 0 N–H and O–H groups in total. The zero-order valence-corrected chi connectivity index (χ0v) is 13.0. The molecule has 0 fully saturated rings. The second-order valence-corrected chi connectivity index (χ2v) is 5.27. The van der Waals surface area contributed by atoms with E-state index in [1.807, 2.05) is 66.7 Å². The normalized spacial score (nSPS) is 10.7. The Balaban J connectivity index is 1.80. The van der Waals surface area contributed by atoms with Crippen molar-refractivity contribution in [3.05, 3.63) is 77.9 Å². The number of benzene rings is 3. The molecule has 0 saturated heterocycles. The molecule has 23 heavy (non-hydrogen) atoms. The molecule has 0 spiro atoms. The van der Waals surface area contributed by atoms with Crippen molar-refractivity contribution in [2.45, 2.75) is 6.61 Å². The molecule has 0 saturated carbocycles. The van der Waals surface area contributed by atoms with Gasteiger partial charge in [0.2, 0.25) is 0 Å². The van der Waals surface area contributed by atoms with Gasteiger partial charge in [-0.25, -0.2) is 0 Å². The Morgan fingerprint density at radius 1 is 0.913 bits per heavy atom. The highest BCUT2D eigenvalue weighted by atomic mass is 16.5. The molecule has 0 atom stereocenters. The van der Waals surface area contributed by atoms with Crippen LogP contribution in [-0.4, -0.2) is 19.5 Å². The number of rotatable bonds is 6. The first-order valence-electron chi connectivity index (χ1n) is 7.50. The van der Waals surface area contributed by atoms with Gasteiger partial charge in [0.1, 0.15) is 12.4 Å². The molecule has 0 amide bonds. The molecular formula is C20H18O3. The lowest BCUT2D eigenvalue weighted by Gasteiger charge is -2.11. The number of methoxy groups -OCH3 is 1. The molecule has 0 heterocycles. The molecule has 3 rings (SSSR count). The van der Waals surface area contributed by atoms with Crippen LogP contribution in [0.5, 0.6) is 5.75 Å². The summed E-state index contributed by atoms with van der Waals surface area (Å²) in [5.74, 6) is 0.506. The molecule has 3 heteroatoms. The van der Waals surface area contributed by atoms with Crippen LogP contribution in [0.2, 0.25) is 0 Å². The van der Waals surface area contributed by atoms with Crippen LogP contribution >= 0.6 is 0 Å². The van der Waals surface area contributed by atoms with Crippen molar-refractivity contribution in [3.63, 3.8) is 0 Å². The number of hydrogen-bond acceptors (Lipinski definition) is 3. The van der Waals surface area contributed by atoms with Crippen LogP contribution in [0.1, 0.15) is 15.9 Å². The van der Waals surface area contributed by atoms with Crippen LogP contribution in [0, 0.1) is 0 Å². The fraction of sp³-hybridized carbons (Fsp3) is 0.150. The Morgan fingerprint density at radius 2 is 1.65 bits per heavy atom. The highest BCUT2D eigenvalue weighted by Gasteiger charge is 2.16. The highest BCUT2D eigenvalue weighted by molar-refractivity contribution is 6.11. The van der Waals surface area contributed by atoms with Crippen LogP contribution in [-0.2, 0) is 11.3 Å². The van der Waals surface area contributed by atoms with E-state index >= 15 is 0 Å². The molecule has 3 aromatic carbocycles. The quantitative estimate of drug-likeness (QED) is 0.639. The van der Waals surface area contributed by atoms with Gasteiger partial charge in [-0.3, -0.25) is 4.79 Å². The minimum Gasteiger partial charge on any atom is -0.496 e. The third-order valence-electron chi connectivity index (χ3n) is 3.73. The van der Waals surface area contributed by atoms with Gasteiger partial charge in [-0.15, -0.1) is 0 Å². The molecule has 116 valence electrons. The molecule has 0 bridgehead atoms. The Kier molecular flexibility index (Phi) is 4.69. The standard InChI is InChI=1S/C20H18O3/c1-22-19-12-11-16-9-5-6-10-17(16)20(19)18(21)14-23-13-15-7-3-2-4-8-15/h2-12H,13-14H2,1H3. The minimum atomic E-state index is -0.0745. The number of ether oxygens (including phenoxy) is 2. The number of hydrogen-bond donors (Lipinski definition) is 0. The fourth-order valence-corrected chi connectivity index (χ4v) is 2.62. The van der Waals surface area contributed by atoms with Gasteiger partial charge >= 0.3 is 0 Å². The summed E-state index contributed by atoms with van der Waals surface area (Å²) in [5, 5.41) is 1.90. The van der Waals surface area contributed by atoms with Crippen molar-refractivity contribution < 1.29 is 14.3 Å². The van der Waals surface area contributed by atoms with Crippen molar-refractivity contribution in [2.75, 3.05) is 13.7 Å². The largest absolute Gasteiger partial charge is 0.496 e. The molecule has 0 aromatic heterocycles. The van der Waals surface area contributed by atoms with Crippen LogP contribution < -0.4 is 4.74 Å². The number of carbonyl (C=O) groups is 1. The highest BCUT2D eigenvalue weighted by Crippen LogP contribution is 2.28. The first-order chi connectivity index (χ1) is 11.3. The van der Waals surface area contributed by atoms with Crippen LogP contribution in [0.3, 0.4) is 0 Å². The predicted molar refractivity (Wildman–Crippen MR) is 90.9 cm³/mol. The summed E-state index contributed by atoms with van der Waals surface area (Å²) in [6.45, 7) is 0.443. The van der Waals surface area contributed by atoms with E-state index in [1.165, 1.54) is 0 Å². The lowest BCUT2D eigenvalue weighted by Crippen LogP contribution is -2.11. The maximum atomic E-state index is 12.6. The Morgan fingerprint density at radius 3 is 2.43 bits per heavy atom. The summed E-state index contributed by atoms with van der Waals surface area (Å²) < 4.78 is 10.9. The zero-order chi connectivity index (χ0) is 16.1. The van der Waals surface area contributed by atoms with Gasteiger partial charge in [0.25, 0.3) is 0 Å². The summed E-state index contributed by atoms with van der Waals surface area (Å²) >= 11 is 0. The Hall–Kier alpha value is -2.65. The molecule has 0 aliphatic carbocycles. The van der Waals surface area contributed by atoms with Crippen molar-refractivity contribution >= 4 is 16.6 Å². The van der Waals surface area contributed by atoms with Crippen LogP contribution in [0.4, 0.5) is 0 Å². The van der Waals surface area contributed by atoms with E-state index < -0.39 is 0 Å². The minimum absolute atomic E-state index is 0.0270. The van der Waals surface area contributed by atoms with E-state index in [-0.39, 0.29) is 12.4 Å². The van der Waals surface area contributed by atoms with Crippen molar-refractivity contribution in [1.29, 1.82) is 0 Å². The van der Waals surface area contributed by atoms with Gasteiger partial charge in [-0.05, 0) is 22.4 Å². The number of Topliss-reactive ketones (excluding diaryl/α,β-unsaturated/α-hetero) is 1. The third-order valence-corrected chi connectivity index (χ3v) is 3.73. The van der Waals surface area contributed by atoms with Crippen molar-refractivity contribution in [1.82, 2.24) is 0 Å². The average Bonchev–Trinajstić information content (AvgIpc) is 2.61. The summed E-state index contributed by atoms with van der Waals surface area (Å²) in [6.07, 6.45) is 0. The molecule has 3 nitrogen and oxygen atoms in total. The topological polar surface area (TPSA) is 35.5 Å². The van der Waals surface area contributed by atoms with Gasteiger partial charge in [0.05, 0.1) is 19.3 Å². The lowest BCUT2D eigenvalue weighted by atomic mass is 10.0. The Bertz CT molecular complexity index is 809. The van der Waals surface area contributed by atoms with E-state index in [0.29, 0.717) is 17.9 Å². The molecule has 0 radical (unpaired) electrons. The van der Waals surface area contributed by atoms with E-state index in [9.17, 15) is 4.79 Å². The summed E-state index contributed by atoms with van der Waals surface area (Å²) in [5.41, 5.74) is 1.63. The van der Waals surface area contributed by atoms with Gasteiger partial charge in [-0.2, -0.15) is 0 Å². The van der Waals surface area contributed by atoms with Crippen molar-refractivity contribution in [2.24, 2.45) is 0 Å². The van der Waals surface area contributed by atoms with E-state index in [1.54, 1.807) is 7.11 Å². The summed E-state index contributed by atoms with van der Waals surface area (Å²) in [6, 6.07) is 21.4. The van der Waals surface area contributed by atoms with E-state index in [4.69, 9.17) is 9.47 Å². The molecule has 0 aliphatic rings. The maximum Gasteiger partial charge on any atom is 0.192 e. The second kappa shape index (κ2) is 7.07. The monoisotopic (exact) mass is 306 g/mol. The first kappa shape index (κ1) is 15.3. The predicted octanol–water partition coefficient (Wildman–Crippen LogP) is 4.25. The number of fused-ring (bicyclic) bond motifs is 1. The van der Waals surface area contributed by atoms with Gasteiger partial charge in [0.15, 0.2) is 5.78 Å². The van der Waals surface area contributed by atoms with Crippen LogP contribution in [0.25, 0.3) is 10.8 Å². The van der Waals surface area contributed by atoms with Crippen LogP contribution in [0.15, 0.2) is 66.7 Å². The van der Waals surface area contributed by atoms with Gasteiger partial charge in [-0.1, -0.05) is 60.7 Å². The third kappa shape index (κ3) is 3.41.